The van der Waals surface area contributed by atoms with Crippen LogP contribution in [-0.2, 0) is 14.8 Å². The van der Waals surface area contributed by atoms with E-state index in [9.17, 15) is 13.2 Å². The van der Waals surface area contributed by atoms with E-state index in [0.29, 0.717) is 23.8 Å². The predicted octanol–water partition coefficient (Wildman–Crippen LogP) is 3.83. The second-order valence-electron chi connectivity index (χ2n) is 8.72. The Bertz CT molecular complexity index is 1370. The van der Waals surface area contributed by atoms with Gasteiger partial charge in [0.25, 0.3) is 0 Å². The number of benzene rings is 2. The Kier molecular flexibility index (Phi) is 6.40. The fraction of sp³-hybridized carbons (Fsp3) is 0.280. The number of carbonyl (C=O) groups is 1. The molecule has 3 aromatic rings. The lowest BCUT2D eigenvalue weighted by Crippen LogP contribution is -2.31. The van der Waals surface area contributed by atoms with E-state index in [1.54, 1.807) is 36.7 Å². The molecule has 2 aliphatic rings. The third kappa shape index (κ3) is 5.00. The minimum absolute atomic E-state index is 0.0535. The number of halogens is 1. The number of pyridine rings is 1. The van der Waals surface area contributed by atoms with Crippen LogP contribution in [0.15, 0.2) is 71.4 Å². The smallest absolute Gasteiger partial charge is 0.240 e. The molecule has 7 nitrogen and oxygen atoms in total. The van der Waals surface area contributed by atoms with Crippen LogP contribution in [0.25, 0.3) is 10.8 Å². The van der Waals surface area contributed by atoms with Gasteiger partial charge in [0.2, 0.25) is 15.9 Å². The molecule has 0 spiro atoms. The van der Waals surface area contributed by atoms with E-state index >= 15 is 0 Å². The molecule has 2 aromatic carbocycles. The van der Waals surface area contributed by atoms with Crippen molar-refractivity contribution in [2.45, 2.75) is 23.7 Å². The zero-order valence-corrected chi connectivity index (χ0v) is 20.0. The number of sulfonamides is 1. The monoisotopic (exact) mass is 496 g/mol. The average molecular weight is 497 g/mol. The van der Waals surface area contributed by atoms with Gasteiger partial charge in [0.15, 0.2) is 0 Å². The first-order valence-corrected chi connectivity index (χ1v) is 13.1. The molecule has 0 saturated heterocycles. The van der Waals surface area contributed by atoms with Gasteiger partial charge in [-0.2, -0.15) is 0 Å². The van der Waals surface area contributed by atoms with E-state index in [4.69, 9.17) is 11.6 Å². The molecular weight excluding hydrogens is 472 g/mol. The summed E-state index contributed by atoms with van der Waals surface area (Å²) in [6.45, 7) is 1.93. The molecule has 34 heavy (non-hydrogen) atoms. The Labute approximate surface area is 203 Å². The van der Waals surface area contributed by atoms with Gasteiger partial charge in [0, 0.05) is 47.9 Å². The van der Waals surface area contributed by atoms with Gasteiger partial charge >= 0.3 is 0 Å². The van der Waals surface area contributed by atoms with Gasteiger partial charge in [-0.25, -0.2) is 13.1 Å². The van der Waals surface area contributed by atoms with Crippen molar-refractivity contribution in [2.24, 2.45) is 5.92 Å². The maximum absolute atomic E-state index is 12.8. The molecule has 1 fully saturated rings. The van der Waals surface area contributed by atoms with Gasteiger partial charge in [0.1, 0.15) is 0 Å². The molecule has 5 rings (SSSR count). The zero-order valence-electron chi connectivity index (χ0n) is 18.4. The first-order valence-electron chi connectivity index (χ1n) is 11.2. The van der Waals surface area contributed by atoms with E-state index in [1.807, 2.05) is 18.2 Å². The van der Waals surface area contributed by atoms with Crippen molar-refractivity contribution in [3.8, 4) is 0 Å². The van der Waals surface area contributed by atoms with Crippen LogP contribution in [0.3, 0.4) is 0 Å². The Morgan fingerprint density at radius 3 is 2.74 bits per heavy atom. The molecule has 2 atom stereocenters. The second kappa shape index (κ2) is 9.46. The van der Waals surface area contributed by atoms with Crippen LogP contribution in [0.4, 0.5) is 5.69 Å². The van der Waals surface area contributed by atoms with Gasteiger partial charge in [-0.05, 0) is 60.7 Å². The van der Waals surface area contributed by atoms with Crippen molar-refractivity contribution in [3.63, 3.8) is 0 Å². The standard InChI is InChI=1S/C25H25ClN4O3S/c26-24-15-28-14-18-3-6-19(10-22(18)24)30-25(31)23-11-21(23)17-4-7-20(8-5-17)34(32,33)29-13-16-2-1-9-27-12-16/h2-8,10,14-15,21,23,27,29H,1,9,11-13H2,(H,30,31)/t21-,23+/m0/s1. The molecular formula is C25H25ClN4O3S. The highest BCUT2D eigenvalue weighted by molar-refractivity contribution is 7.89. The fourth-order valence-electron chi connectivity index (χ4n) is 4.29. The number of nitrogens with one attached hydrogen (secondary N) is 3. The number of hydrogen-bond acceptors (Lipinski definition) is 5. The van der Waals surface area contributed by atoms with Gasteiger partial charge in [-0.1, -0.05) is 35.9 Å². The summed E-state index contributed by atoms with van der Waals surface area (Å²) < 4.78 is 27.9. The van der Waals surface area contributed by atoms with Gasteiger partial charge in [0.05, 0.1) is 9.92 Å². The number of carbonyl (C=O) groups excluding carboxylic acids is 1. The topological polar surface area (TPSA) is 100 Å². The molecule has 176 valence electrons. The molecule has 1 aliphatic heterocycles. The summed E-state index contributed by atoms with van der Waals surface area (Å²) in [5.74, 6) is -0.117. The normalized spacial score (nSPS) is 20.1. The van der Waals surface area contributed by atoms with E-state index in [0.717, 1.165) is 41.3 Å². The molecule has 0 radical (unpaired) electrons. The minimum atomic E-state index is -3.59. The molecule has 2 heterocycles. The number of amides is 1. The summed E-state index contributed by atoms with van der Waals surface area (Å²) in [5, 5.41) is 8.49. The van der Waals surface area contributed by atoms with Crippen molar-refractivity contribution >= 4 is 44.0 Å². The third-order valence-corrected chi connectivity index (χ3v) is 8.04. The van der Waals surface area contributed by atoms with Crippen molar-refractivity contribution in [1.82, 2.24) is 15.0 Å². The zero-order chi connectivity index (χ0) is 23.7. The van der Waals surface area contributed by atoms with Crippen molar-refractivity contribution in [3.05, 3.63) is 77.1 Å². The van der Waals surface area contributed by atoms with E-state index in [2.05, 4.69) is 26.4 Å². The van der Waals surface area contributed by atoms with E-state index in [1.165, 1.54) is 0 Å². The summed E-state index contributed by atoms with van der Waals surface area (Å²) >= 11 is 6.22. The minimum Gasteiger partial charge on any atom is -0.326 e. The van der Waals surface area contributed by atoms with Crippen molar-refractivity contribution in [2.75, 3.05) is 25.0 Å². The van der Waals surface area contributed by atoms with Crippen molar-refractivity contribution in [1.29, 1.82) is 0 Å². The van der Waals surface area contributed by atoms with Gasteiger partial charge in [-0.3, -0.25) is 9.78 Å². The molecule has 1 aromatic heterocycles. The Morgan fingerprint density at radius 2 is 1.97 bits per heavy atom. The number of hydrogen-bond donors (Lipinski definition) is 3. The van der Waals surface area contributed by atoms with Crippen LogP contribution in [-0.4, -0.2) is 38.9 Å². The first-order chi connectivity index (χ1) is 16.4. The van der Waals surface area contributed by atoms with Crippen LogP contribution in [0.1, 0.15) is 24.3 Å². The Balaban J connectivity index is 1.20. The maximum Gasteiger partial charge on any atom is 0.240 e. The molecule has 1 amide bonds. The van der Waals surface area contributed by atoms with Crippen LogP contribution in [0, 0.1) is 5.92 Å². The van der Waals surface area contributed by atoms with E-state index in [-0.39, 0.29) is 22.6 Å². The average Bonchev–Trinajstić information content (AvgIpc) is 3.65. The Hall–Kier alpha value is -2.78. The van der Waals surface area contributed by atoms with Crippen LogP contribution in [0.2, 0.25) is 5.02 Å². The summed E-state index contributed by atoms with van der Waals surface area (Å²) in [4.78, 5) is 17.1. The highest BCUT2D eigenvalue weighted by Crippen LogP contribution is 2.48. The number of anilines is 1. The molecule has 9 heteroatoms. The molecule has 1 aliphatic carbocycles. The molecule has 3 N–H and O–H groups in total. The van der Waals surface area contributed by atoms with Crippen LogP contribution >= 0.6 is 11.6 Å². The number of aromatic nitrogens is 1. The van der Waals surface area contributed by atoms with E-state index < -0.39 is 10.0 Å². The number of fused-ring (bicyclic) bond motifs is 1. The van der Waals surface area contributed by atoms with Crippen molar-refractivity contribution < 1.29 is 13.2 Å². The molecule has 1 saturated carbocycles. The Morgan fingerprint density at radius 1 is 1.15 bits per heavy atom. The SMILES string of the molecule is O=C(Nc1ccc2cncc(Cl)c2c1)[C@@H]1C[C@H]1c1ccc(S(=O)(=O)NCC2=CCCNC2)cc1. The second-order valence-corrected chi connectivity index (χ2v) is 10.9. The lowest BCUT2D eigenvalue weighted by Gasteiger charge is -2.15. The number of nitrogens with zero attached hydrogens (tertiary/aromatic N) is 1. The molecule has 0 unspecified atom stereocenters. The highest BCUT2D eigenvalue weighted by Gasteiger charge is 2.44. The third-order valence-electron chi connectivity index (χ3n) is 6.32. The van der Waals surface area contributed by atoms with Gasteiger partial charge < -0.3 is 10.6 Å². The largest absolute Gasteiger partial charge is 0.326 e. The lowest BCUT2D eigenvalue weighted by molar-refractivity contribution is -0.117. The quantitative estimate of drug-likeness (QED) is 0.432. The highest BCUT2D eigenvalue weighted by atomic mass is 35.5. The lowest BCUT2D eigenvalue weighted by atomic mass is 10.1. The predicted molar refractivity (Wildman–Crippen MR) is 133 cm³/mol. The fourth-order valence-corrected chi connectivity index (χ4v) is 5.55. The summed E-state index contributed by atoms with van der Waals surface area (Å²) in [6, 6.07) is 12.4. The van der Waals surface area contributed by atoms with Crippen LogP contribution < -0.4 is 15.4 Å². The summed E-state index contributed by atoms with van der Waals surface area (Å²) in [6.07, 6.45) is 7.03. The van der Waals surface area contributed by atoms with Crippen LogP contribution in [0.5, 0.6) is 0 Å². The summed E-state index contributed by atoms with van der Waals surface area (Å²) in [5.41, 5.74) is 2.70. The maximum atomic E-state index is 12.8. The first kappa shape index (κ1) is 23.0. The summed E-state index contributed by atoms with van der Waals surface area (Å²) in [7, 11) is -3.59. The molecule has 0 bridgehead atoms. The van der Waals surface area contributed by atoms with Gasteiger partial charge in [-0.15, -0.1) is 0 Å². The number of rotatable bonds is 7.